The van der Waals surface area contributed by atoms with Crippen molar-refractivity contribution in [3.63, 3.8) is 0 Å². The highest BCUT2D eigenvalue weighted by molar-refractivity contribution is 5.94. The SMILES string of the molecule is O=C(c1cnn(-c2ccccn2)c1)N1CCc2[nH]cnc2[C@H]1c1cc2ccccc2o1. The minimum absolute atomic E-state index is 0.124. The first kappa shape index (κ1) is 17.6. The molecule has 1 amide bonds. The molecular formula is C23H18N6O2. The highest BCUT2D eigenvalue weighted by atomic mass is 16.3. The summed E-state index contributed by atoms with van der Waals surface area (Å²) in [5.74, 6) is 1.23. The van der Waals surface area contributed by atoms with Gasteiger partial charge >= 0.3 is 0 Å². The van der Waals surface area contributed by atoms with Crippen LogP contribution in [0.5, 0.6) is 0 Å². The summed E-state index contributed by atoms with van der Waals surface area (Å²) < 4.78 is 7.75. The summed E-state index contributed by atoms with van der Waals surface area (Å²) in [7, 11) is 0. The smallest absolute Gasteiger partial charge is 0.258 e. The van der Waals surface area contributed by atoms with Crippen molar-refractivity contribution in [1.29, 1.82) is 0 Å². The molecule has 0 saturated carbocycles. The zero-order valence-electron chi connectivity index (χ0n) is 16.5. The summed E-state index contributed by atoms with van der Waals surface area (Å²) in [5, 5.41) is 5.33. The number of carbonyl (C=O) groups excluding carboxylic acids is 1. The van der Waals surface area contributed by atoms with Crippen molar-refractivity contribution in [2.24, 2.45) is 0 Å². The molecule has 1 aliphatic heterocycles. The number of fused-ring (bicyclic) bond motifs is 2. The molecule has 0 saturated heterocycles. The number of H-pyrrole nitrogens is 1. The second-order valence-corrected chi connectivity index (χ2v) is 7.47. The van der Waals surface area contributed by atoms with E-state index in [4.69, 9.17) is 4.42 Å². The Labute approximate surface area is 177 Å². The van der Waals surface area contributed by atoms with Crippen LogP contribution in [0.25, 0.3) is 16.8 Å². The van der Waals surface area contributed by atoms with E-state index in [-0.39, 0.29) is 5.91 Å². The number of hydrogen-bond donors (Lipinski definition) is 1. The Hall–Kier alpha value is -4.20. The van der Waals surface area contributed by atoms with E-state index >= 15 is 0 Å². The number of carbonyl (C=O) groups is 1. The molecule has 1 N–H and O–H groups in total. The van der Waals surface area contributed by atoms with E-state index in [0.29, 0.717) is 30.1 Å². The van der Waals surface area contributed by atoms with E-state index < -0.39 is 6.04 Å². The maximum absolute atomic E-state index is 13.5. The minimum Gasteiger partial charge on any atom is -0.458 e. The largest absolute Gasteiger partial charge is 0.458 e. The maximum atomic E-state index is 13.5. The summed E-state index contributed by atoms with van der Waals surface area (Å²) in [6, 6.07) is 15.0. The molecule has 1 aromatic carbocycles. The fraction of sp³-hybridized carbons (Fsp3) is 0.130. The average Bonchev–Trinajstić information content (AvgIpc) is 3.57. The van der Waals surface area contributed by atoms with Gasteiger partial charge in [-0.15, -0.1) is 0 Å². The van der Waals surface area contributed by atoms with Crippen molar-refractivity contribution in [2.45, 2.75) is 12.5 Å². The summed E-state index contributed by atoms with van der Waals surface area (Å²) in [4.78, 5) is 27.4. The molecule has 8 nitrogen and oxygen atoms in total. The van der Waals surface area contributed by atoms with Crippen LogP contribution >= 0.6 is 0 Å². The molecule has 5 aromatic rings. The highest BCUT2D eigenvalue weighted by Gasteiger charge is 2.37. The Morgan fingerprint density at radius 3 is 2.90 bits per heavy atom. The Kier molecular flexibility index (Phi) is 3.95. The summed E-state index contributed by atoms with van der Waals surface area (Å²) >= 11 is 0. The van der Waals surface area contributed by atoms with E-state index in [2.05, 4.69) is 20.1 Å². The Morgan fingerprint density at radius 2 is 2.03 bits per heavy atom. The predicted octanol–water partition coefficient (Wildman–Crippen LogP) is 3.52. The molecule has 4 aromatic heterocycles. The average molecular weight is 410 g/mol. The lowest BCUT2D eigenvalue weighted by Crippen LogP contribution is -2.40. The number of aromatic amines is 1. The highest BCUT2D eigenvalue weighted by Crippen LogP contribution is 2.37. The van der Waals surface area contributed by atoms with Gasteiger partial charge < -0.3 is 14.3 Å². The van der Waals surface area contributed by atoms with Gasteiger partial charge in [-0.05, 0) is 24.3 Å². The van der Waals surface area contributed by atoms with Crippen LogP contribution in [0, 0.1) is 0 Å². The van der Waals surface area contributed by atoms with Crippen molar-refractivity contribution < 1.29 is 9.21 Å². The molecule has 1 aliphatic rings. The molecule has 6 rings (SSSR count). The van der Waals surface area contributed by atoms with Crippen LogP contribution in [-0.4, -0.2) is 42.1 Å². The number of nitrogens with one attached hydrogen (secondary N) is 1. The van der Waals surface area contributed by atoms with E-state index in [9.17, 15) is 4.79 Å². The molecule has 5 heterocycles. The number of benzene rings is 1. The normalized spacial score (nSPS) is 15.9. The Bertz CT molecular complexity index is 1350. The van der Waals surface area contributed by atoms with Crippen LogP contribution in [0.15, 0.2) is 77.9 Å². The van der Waals surface area contributed by atoms with Crippen LogP contribution < -0.4 is 0 Å². The van der Waals surface area contributed by atoms with Crippen molar-refractivity contribution in [3.8, 4) is 5.82 Å². The number of pyridine rings is 1. The molecule has 152 valence electrons. The lowest BCUT2D eigenvalue weighted by Gasteiger charge is -2.33. The molecule has 0 unspecified atom stereocenters. The van der Waals surface area contributed by atoms with E-state index in [0.717, 1.165) is 22.4 Å². The van der Waals surface area contributed by atoms with Crippen LogP contribution in [0.1, 0.15) is 33.5 Å². The fourth-order valence-electron chi connectivity index (χ4n) is 4.13. The number of aromatic nitrogens is 5. The molecule has 0 radical (unpaired) electrons. The third-order valence-corrected chi connectivity index (χ3v) is 5.61. The van der Waals surface area contributed by atoms with Gasteiger partial charge in [0, 0.05) is 36.4 Å². The molecule has 0 fully saturated rings. The van der Waals surface area contributed by atoms with Gasteiger partial charge in [0.05, 0.1) is 23.8 Å². The molecule has 8 heteroatoms. The van der Waals surface area contributed by atoms with Gasteiger partial charge in [-0.1, -0.05) is 24.3 Å². The van der Waals surface area contributed by atoms with Crippen molar-refractivity contribution in [3.05, 3.63) is 96.2 Å². The second-order valence-electron chi connectivity index (χ2n) is 7.47. The van der Waals surface area contributed by atoms with Crippen LogP contribution in [0.4, 0.5) is 0 Å². The van der Waals surface area contributed by atoms with Gasteiger partial charge in [0.15, 0.2) is 5.82 Å². The fourth-order valence-corrected chi connectivity index (χ4v) is 4.13. The molecule has 31 heavy (non-hydrogen) atoms. The van der Waals surface area contributed by atoms with E-state index in [1.165, 1.54) is 0 Å². The number of imidazole rings is 1. The quantitative estimate of drug-likeness (QED) is 0.491. The van der Waals surface area contributed by atoms with Gasteiger partial charge in [-0.25, -0.2) is 14.6 Å². The number of nitrogens with zero attached hydrogens (tertiary/aromatic N) is 5. The maximum Gasteiger partial charge on any atom is 0.258 e. The molecule has 0 spiro atoms. The van der Waals surface area contributed by atoms with Crippen LogP contribution in [0.3, 0.4) is 0 Å². The third kappa shape index (κ3) is 2.92. The topological polar surface area (TPSA) is 92.8 Å². The van der Waals surface area contributed by atoms with Gasteiger partial charge in [0.2, 0.25) is 0 Å². The predicted molar refractivity (Wildman–Crippen MR) is 113 cm³/mol. The van der Waals surface area contributed by atoms with Crippen LogP contribution in [0.2, 0.25) is 0 Å². The zero-order valence-corrected chi connectivity index (χ0v) is 16.5. The number of para-hydroxylation sites is 1. The summed E-state index contributed by atoms with van der Waals surface area (Å²) in [5.41, 5.74) is 3.12. The van der Waals surface area contributed by atoms with E-state index in [1.807, 2.05) is 48.5 Å². The molecule has 0 aliphatic carbocycles. The van der Waals surface area contributed by atoms with Gasteiger partial charge in [-0.2, -0.15) is 5.10 Å². The first-order valence-corrected chi connectivity index (χ1v) is 10.1. The first-order valence-electron chi connectivity index (χ1n) is 10.1. The molecule has 0 bridgehead atoms. The van der Waals surface area contributed by atoms with Gasteiger partial charge in [0.25, 0.3) is 5.91 Å². The number of hydrogen-bond acceptors (Lipinski definition) is 5. The van der Waals surface area contributed by atoms with Crippen molar-refractivity contribution >= 4 is 16.9 Å². The van der Waals surface area contributed by atoms with E-state index in [1.54, 1.807) is 34.5 Å². The number of amides is 1. The number of furan rings is 1. The van der Waals surface area contributed by atoms with Crippen LogP contribution in [-0.2, 0) is 6.42 Å². The third-order valence-electron chi connectivity index (χ3n) is 5.61. The minimum atomic E-state index is -0.409. The van der Waals surface area contributed by atoms with Crippen molar-refractivity contribution in [2.75, 3.05) is 6.54 Å². The Morgan fingerprint density at radius 1 is 1.13 bits per heavy atom. The van der Waals surface area contributed by atoms with Crippen molar-refractivity contribution in [1.82, 2.24) is 29.6 Å². The van der Waals surface area contributed by atoms with Gasteiger partial charge in [-0.3, -0.25) is 4.79 Å². The van der Waals surface area contributed by atoms with Gasteiger partial charge in [0.1, 0.15) is 17.4 Å². The first-order chi connectivity index (χ1) is 15.3. The zero-order chi connectivity index (χ0) is 20.8. The lowest BCUT2D eigenvalue weighted by atomic mass is 9.99. The monoisotopic (exact) mass is 410 g/mol. The summed E-state index contributed by atoms with van der Waals surface area (Å²) in [6.45, 7) is 0.546. The lowest BCUT2D eigenvalue weighted by molar-refractivity contribution is 0.0673. The second kappa shape index (κ2) is 6.94. The molecule has 1 atom stereocenters. The molecular weight excluding hydrogens is 392 g/mol. The standard InChI is InChI=1S/C23H18N6O2/c30-23(16-12-27-29(13-16)20-7-3-4-9-24-20)28-10-8-17-21(26-14-25-17)22(28)19-11-15-5-1-2-6-18(15)31-19/h1-7,9,11-14,22H,8,10H2,(H,25,26)/t22-/m1/s1. The summed E-state index contributed by atoms with van der Waals surface area (Å²) in [6.07, 6.45) is 7.35. The Balaban J connectivity index is 1.40. The number of rotatable bonds is 3.